The first kappa shape index (κ1) is 15.9. The Morgan fingerprint density at radius 3 is 2.83 bits per heavy atom. The molecule has 0 saturated heterocycles. The van der Waals surface area contributed by atoms with Crippen molar-refractivity contribution in [1.82, 2.24) is 14.7 Å². The molecular formula is C16H13N3O4S. The summed E-state index contributed by atoms with van der Waals surface area (Å²) in [6.45, 7) is -0.196. The van der Waals surface area contributed by atoms with Crippen molar-refractivity contribution in [2.75, 3.05) is 6.54 Å². The van der Waals surface area contributed by atoms with Crippen LogP contribution in [0.4, 0.5) is 0 Å². The Morgan fingerprint density at radius 2 is 2.04 bits per heavy atom. The molecule has 0 radical (unpaired) electrons. The fourth-order valence-corrected chi connectivity index (χ4v) is 2.69. The summed E-state index contributed by atoms with van der Waals surface area (Å²) in [7, 11) is 0. The molecular weight excluding hydrogens is 330 g/mol. The smallest absolute Gasteiger partial charge is 0.325 e. The van der Waals surface area contributed by atoms with E-state index in [-0.39, 0.29) is 18.7 Å². The molecule has 0 bridgehead atoms. The minimum absolute atomic E-state index is 0.123. The van der Waals surface area contributed by atoms with Crippen LogP contribution in [0.25, 0.3) is 4.96 Å². The second-order valence-corrected chi connectivity index (χ2v) is 5.73. The summed E-state index contributed by atoms with van der Waals surface area (Å²) in [6, 6.07) is 9.20. The minimum atomic E-state index is -0.662. The first-order chi connectivity index (χ1) is 11.6. The average Bonchev–Trinajstić information content (AvgIpc) is 3.09. The molecule has 0 aliphatic heterocycles. The van der Waals surface area contributed by atoms with Crippen LogP contribution in [0.15, 0.2) is 52.9 Å². The van der Waals surface area contributed by atoms with E-state index in [2.05, 4.69) is 10.3 Å². The van der Waals surface area contributed by atoms with E-state index < -0.39 is 17.4 Å². The molecule has 0 aliphatic carbocycles. The van der Waals surface area contributed by atoms with Crippen molar-refractivity contribution in [3.05, 3.63) is 69.6 Å². The maximum absolute atomic E-state index is 12.1. The van der Waals surface area contributed by atoms with Crippen LogP contribution in [0.2, 0.25) is 0 Å². The van der Waals surface area contributed by atoms with Gasteiger partial charge in [0.05, 0.1) is 0 Å². The van der Waals surface area contributed by atoms with Crippen molar-refractivity contribution in [2.24, 2.45) is 0 Å². The number of thiazole rings is 1. The first-order valence-electron chi connectivity index (χ1n) is 7.08. The van der Waals surface area contributed by atoms with Gasteiger partial charge in [-0.2, -0.15) is 0 Å². The Labute approximate surface area is 140 Å². The number of fused-ring (bicyclic) bond motifs is 1. The molecule has 122 valence electrons. The third-order valence-corrected chi connectivity index (χ3v) is 3.99. The molecule has 8 heteroatoms. The summed E-state index contributed by atoms with van der Waals surface area (Å²) in [5.41, 5.74) is 0.251. The van der Waals surface area contributed by atoms with E-state index >= 15 is 0 Å². The Balaban J connectivity index is 1.57. The zero-order valence-corrected chi connectivity index (χ0v) is 13.3. The summed E-state index contributed by atoms with van der Waals surface area (Å²) in [4.78, 5) is 40.4. The van der Waals surface area contributed by atoms with Gasteiger partial charge in [0.25, 0.3) is 11.5 Å². The van der Waals surface area contributed by atoms with Gasteiger partial charge in [0.2, 0.25) is 0 Å². The van der Waals surface area contributed by atoms with E-state index in [1.807, 2.05) is 30.3 Å². The van der Waals surface area contributed by atoms with Gasteiger partial charge in [-0.3, -0.25) is 18.8 Å². The van der Waals surface area contributed by atoms with E-state index in [4.69, 9.17) is 4.74 Å². The molecule has 0 saturated carbocycles. The lowest BCUT2D eigenvalue weighted by Crippen LogP contribution is -2.35. The second kappa shape index (κ2) is 7.05. The Morgan fingerprint density at radius 1 is 1.25 bits per heavy atom. The number of nitrogens with one attached hydrogen (secondary N) is 1. The number of nitrogens with zero attached hydrogens (tertiary/aromatic N) is 2. The molecule has 1 amide bonds. The van der Waals surface area contributed by atoms with Crippen molar-refractivity contribution >= 4 is 28.2 Å². The van der Waals surface area contributed by atoms with Crippen LogP contribution in [0.5, 0.6) is 0 Å². The Kier molecular flexibility index (Phi) is 4.66. The normalized spacial score (nSPS) is 10.5. The number of hydrogen-bond donors (Lipinski definition) is 1. The van der Waals surface area contributed by atoms with Crippen molar-refractivity contribution in [3.8, 4) is 0 Å². The fourth-order valence-electron chi connectivity index (χ4n) is 2.02. The van der Waals surface area contributed by atoms with Crippen molar-refractivity contribution in [3.63, 3.8) is 0 Å². The number of rotatable bonds is 5. The van der Waals surface area contributed by atoms with E-state index in [1.165, 1.54) is 21.9 Å². The molecule has 0 fully saturated rings. The molecule has 24 heavy (non-hydrogen) atoms. The van der Waals surface area contributed by atoms with Gasteiger partial charge in [-0.05, 0) is 5.56 Å². The molecule has 2 aromatic heterocycles. The second-order valence-electron chi connectivity index (χ2n) is 4.86. The van der Waals surface area contributed by atoms with Gasteiger partial charge < -0.3 is 10.1 Å². The number of carbonyl (C=O) groups excluding carboxylic acids is 2. The molecule has 2 heterocycles. The van der Waals surface area contributed by atoms with Crippen LogP contribution in [-0.4, -0.2) is 27.8 Å². The van der Waals surface area contributed by atoms with Crippen LogP contribution in [0.1, 0.15) is 15.9 Å². The number of carbonyl (C=O) groups is 2. The van der Waals surface area contributed by atoms with E-state index in [1.54, 1.807) is 11.6 Å². The maximum atomic E-state index is 12.1. The molecule has 0 unspecified atom stereocenters. The highest BCUT2D eigenvalue weighted by molar-refractivity contribution is 7.15. The van der Waals surface area contributed by atoms with Crippen LogP contribution in [-0.2, 0) is 16.1 Å². The van der Waals surface area contributed by atoms with E-state index in [0.717, 1.165) is 5.56 Å². The van der Waals surface area contributed by atoms with Crippen molar-refractivity contribution in [2.45, 2.75) is 6.61 Å². The van der Waals surface area contributed by atoms with Gasteiger partial charge in [0.1, 0.15) is 18.7 Å². The van der Waals surface area contributed by atoms with Gasteiger partial charge in [-0.25, -0.2) is 4.98 Å². The number of benzene rings is 1. The number of esters is 1. The van der Waals surface area contributed by atoms with Gasteiger partial charge in [0.15, 0.2) is 4.96 Å². The van der Waals surface area contributed by atoms with Crippen LogP contribution < -0.4 is 10.9 Å². The number of aromatic nitrogens is 2. The quantitative estimate of drug-likeness (QED) is 0.704. The summed E-state index contributed by atoms with van der Waals surface area (Å²) < 4.78 is 6.34. The highest BCUT2D eigenvalue weighted by Crippen LogP contribution is 2.05. The van der Waals surface area contributed by atoms with Crippen LogP contribution in [0, 0.1) is 0 Å². The lowest BCUT2D eigenvalue weighted by atomic mass is 10.2. The number of hydrogen-bond acceptors (Lipinski definition) is 6. The molecule has 7 nitrogen and oxygen atoms in total. The Bertz CT molecular complexity index is 933. The molecule has 0 spiro atoms. The van der Waals surface area contributed by atoms with Gasteiger partial charge in [0, 0.05) is 17.8 Å². The van der Waals surface area contributed by atoms with Crippen LogP contribution in [0.3, 0.4) is 0 Å². The van der Waals surface area contributed by atoms with E-state index in [9.17, 15) is 14.4 Å². The van der Waals surface area contributed by atoms with E-state index in [0.29, 0.717) is 4.96 Å². The number of amides is 1. The van der Waals surface area contributed by atoms with Crippen molar-refractivity contribution < 1.29 is 14.3 Å². The van der Waals surface area contributed by atoms with Gasteiger partial charge in [-0.1, -0.05) is 30.3 Å². The molecule has 0 atom stereocenters. The maximum Gasteiger partial charge on any atom is 0.325 e. The molecule has 0 aliphatic rings. The summed E-state index contributed by atoms with van der Waals surface area (Å²) in [5, 5.41) is 4.07. The first-order valence-corrected chi connectivity index (χ1v) is 7.96. The summed E-state index contributed by atoms with van der Waals surface area (Å²) in [5.74, 6) is -1.25. The lowest BCUT2D eigenvalue weighted by molar-refractivity contribution is -0.143. The highest BCUT2D eigenvalue weighted by atomic mass is 32.1. The third kappa shape index (κ3) is 3.49. The predicted molar refractivity (Wildman–Crippen MR) is 87.9 cm³/mol. The number of ether oxygens (including phenoxy) is 1. The fraction of sp³-hybridized carbons (Fsp3) is 0.125. The van der Waals surface area contributed by atoms with Crippen LogP contribution >= 0.6 is 11.3 Å². The molecule has 3 rings (SSSR count). The Hall–Kier alpha value is -3.00. The largest absolute Gasteiger partial charge is 0.460 e. The zero-order chi connectivity index (χ0) is 16.9. The van der Waals surface area contributed by atoms with Gasteiger partial charge in [-0.15, -0.1) is 11.3 Å². The SMILES string of the molecule is O=C(CNC(=O)c1cnc2sccn2c1=O)OCc1ccccc1. The summed E-state index contributed by atoms with van der Waals surface area (Å²) in [6.07, 6.45) is 2.75. The summed E-state index contributed by atoms with van der Waals surface area (Å²) >= 11 is 1.29. The van der Waals surface area contributed by atoms with Gasteiger partial charge >= 0.3 is 5.97 Å². The highest BCUT2D eigenvalue weighted by Gasteiger charge is 2.15. The average molecular weight is 343 g/mol. The lowest BCUT2D eigenvalue weighted by Gasteiger charge is -2.06. The zero-order valence-electron chi connectivity index (χ0n) is 12.5. The standard InChI is InChI=1S/C16H13N3O4S/c20-13(23-10-11-4-2-1-3-5-11)9-17-14(21)12-8-18-16-19(15(12)22)6-7-24-16/h1-8H,9-10H2,(H,17,21). The molecule has 1 N–H and O–H groups in total. The third-order valence-electron chi connectivity index (χ3n) is 3.22. The van der Waals surface area contributed by atoms with Crippen molar-refractivity contribution in [1.29, 1.82) is 0 Å². The topological polar surface area (TPSA) is 89.8 Å². The predicted octanol–water partition coefficient (Wildman–Crippen LogP) is 1.23. The minimum Gasteiger partial charge on any atom is -0.460 e. The molecule has 1 aromatic carbocycles. The monoisotopic (exact) mass is 343 g/mol. The molecule has 3 aromatic rings.